The fourth-order valence-electron chi connectivity index (χ4n) is 8.91. The standard InChI is InChI=1S/C56H37N/c1-2-15-41-35-43(28-27-38(41)13-1)49-21-6-5-20-48(49)40-29-31-44(32-30-40)57(45-18-11-17-42(36-45)50-26-12-16-39-14-3-4-19-47(39)50)46-33-34-55-53-24-8-7-22-51(53)52-23-9-10-25-54(52)56(55)37-46/h1-37H. The van der Waals surface area contributed by atoms with Gasteiger partial charge in [0.2, 0.25) is 0 Å². The van der Waals surface area contributed by atoms with E-state index in [0.717, 1.165) is 17.1 Å². The lowest BCUT2D eigenvalue weighted by Gasteiger charge is -2.27. The molecule has 0 radical (unpaired) electrons. The van der Waals surface area contributed by atoms with Gasteiger partial charge >= 0.3 is 0 Å². The summed E-state index contributed by atoms with van der Waals surface area (Å²) in [6.07, 6.45) is 0. The Morgan fingerprint density at radius 2 is 0.684 bits per heavy atom. The molecule has 11 aromatic rings. The lowest BCUT2D eigenvalue weighted by Crippen LogP contribution is -2.10. The molecule has 0 aliphatic heterocycles. The molecule has 1 nitrogen and oxygen atoms in total. The summed E-state index contributed by atoms with van der Waals surface area (Å²) in [5, 5.41) is 12.6. The fraction of sp³-hybridized carbons (Fsp3) is 0. The van der Waals surface area contributed by atoms with Gasteiger partial charge in [0.05, 0.1) is 0 Å². The van der Waals surface area contributed by atoms with E-state index in [2.05, 4.69) is 229 Å². The highest BCUT2D eigenvalue weighted by Gasteiger charge is 2.18. The first-order valence-corrected chi connectivity index (χ1v) is 19.7. The van der Waals surface area contributed by atoms with Crippen LogP contribution in [0.5, 0.6) is 0 Å². The molecule has 11 rings (SSSR count). The van der Waals surface area contributed by atoms with Crippen molar-refractivity contribution in [2.45, 2.75) is 0 Å². The van der Waals surface area contributed by atoms with E-state index in [9.17, 15) is 0 Å². The summed E-state index contributed by atoms with van der Waals surface area (Å²) in [6.45, 7) is 0. The number of hydrogen-bond acceptors (Lipinski definition) is 1. The Balaban J connectivity index is 1.08. The Morgan fingerprint density at radius 1 is 0.211 bits per heavy atom. The molecule has 0 saturated heterocycles. The highest BCUT2D eigenvalue weighted by atomic mass is 15.1. The molecule has 0 atom stereocenters. The molecule has 0 fully saturated rings. The lowest BCUT2D eigenvalue weighted by atomic mass is 9.93. The molecule has 0 aromatic heterocycles. The van der Waals surface area contributed by atoms with Crippen molar-refractivity contribution in [2.75, 3.05) is 4.90 Å². The van der Waals surface area contributed by atoms with Gasteiger partial charge in [-0.25, -0.2) is 0 Å². The first-order valence-electron chi connectivity index (χ1n) is 19.7. The average Bonchev–Trinajstić information content (AvgIpc) is 3.29. The Kier molecular flexibility index (Phi) is 7.89. The highest BCUT2D eigenvalue weighted by molar-refractivity contribution is 6.25. The van der Waals surface area contributed by atoms with Gasteiger partial charge in [0.15, 0.2) is 0 Å². The van der Waals surface area contributed by atoms with Crippen LogP contribution in [0.4, 0.5) is 17.1 Å². The first kappa shape index (κ1) is 32.9. The van der Waals surface area contributed by atoms with E-state index in [1.807, 2.05) is 0 Å². The van der Waals surface area contributed by atoms with Crippen LogP contribution in [0.1, 0.15) is 0 Å². The molecule has 0 bridgehead atoms. The Hall–Kier alpha value is -7.48. The molecule has 0 N–H and O–H groups in total. The lowest BCUT2D eigenvalue weighted by molar-refractivity contribution is 1.29. The molecule has 1 heteroatoms. The molecular weight excluding hydrogens is 687 g/mol. The van der Waals surface area contributed by atoms with E-state index >= 15 is 0 Å². The molecule has 11 aromatic carbocycles. The van der Waals surface area contributed by atoms with Gasteiger partial charge in [-0.05, 0) is 130 Å². The van der Waals surface area contributed by atoms with Gasteiger partial charge in [0, 0.05) is 17.1 Å². The van der Waals surface area contributed by atoms with E-state index in [4.69, 9.17) is 0 Å². The number of hydrogen-bond donors (Lipinski definition) is 0. The molecule has 0 amide bonds. The minimum absolute atomic E-state index is 1.10. The van der Waals surface area contributed by atoms with Gasteiger partial charge in [0.1, 0.15) is 0 Å². The molecule has 0 spiro atoms. The van der Waals surface area contributed by atoms with Crippen molar-refractivity contribution in [3.63, 3.8) is 0 Å². The molecule has 0 saturated carbocycles. The number of fused-ring (bicyclic) bond motifs is 8. The summed E-state index contributed by atoms with van der Waals surface area (Å²) in [7, 11) is 0. The molecule has 0 heterocycles. The average molecular weight is 724 g/mol. The molecular formula is C56H37N. The quantitative estimate of drug-likeness (QED) is 0.154. The van der Waals surface area contributed by atoms with E-state index in [0.29, 0.717) is 0 Å². The van der Waals surface area contributed by atoms with Crippen LogP contribution >= 0.6 is 0 Å². The van der Waals surface area contributed by atoms with Gasteiger partial charge in [-0.2, -0.15) is 0 Å². The van der Waals surface area contributed by atoms with Crippen LogP contribution < -0.4 is 4.90 Å². The molecule has 266 valence electrons. The van der Waals surface area contributed by atoms with Crippen LogP contribution in [0, 0.1) is 0 Å². The van der Waals surface area contributed by atoms with Crippen molar-refractivity contribution in [1.82, 2.24) is 0 Å². The normalized spacial score (nSPS) is 11.5. The minimum atomic E-state index is 1.10. The predicted molar refractivity (Wildman–Crippen MR) is 245 cm³/mol. The predicted octanol–water partition coefficient (Wildman–Crippen LogP) is 15.9. The maximum atomic E-state index is 2.41. The largest absolute Gasteiger partial charge is 0.310 e. The number of nitrogens with zero attached hydrogens (tertiary/aromatic N) is 1. The summed E-state index contributed by atoms with van der Waals surface area (Å²) < 4.78 is 0. The maximum Gasteiger partial charge on any atom is 0.0468 e. The van der Waals surface area contributed by atoms with Crippen molar-refractivity contribution in [2.24, 2.45) is 0 Å². The van der Waals surface area contributed by atoms with Gasteiger partial charge in [-0.3, -0.25) is 0 Å². The van der Waals surface area contributed by atoms with Crippen LogP contribution in [0.25, 0.3) is 87.2 Å². The van der Waals surface area contributed by atoms with Gasteiger partial charge in [-0.1, -0.05) is 182 Å². The number of rotatable bonds is 6. The van der Waals surface area contributed by atoms with Gasteiger partial charge in [0.25, 0.3) is 0 Å². The third kappa shape index (κ3) is 5.72. The summed E-state index contributed by atoms with van der Waals surface area (Å²) in [5.74, 6) is 0. The Labute approximate surface area is 332 Å². The Morgan fingerprint density at radius 3 is 1.42 bits per heavy atom. The zero-order chi connectivity index (χ0) is 37.7. The van der Waals surface area contributed by atoms with Crippen LogP contribution in [0.2, 0.25) is 0 Å². The van der Waals surface area contributed by atoms with Crippen molar-refractivity contribution in [3.8, 4) is 33.4 Å². The zero-order valence-corrected chi connectivity index (χ0v) is 31.3. The number of anilines is 3. The second kappa shape index (κ2) is 13.7. The van der Waals surface area contributed by atoms with Crippen molar-refractivity contribution < 1.29 is 0 Å². The molecule has 0 aliphatic carbocycles. The summed E-state index contributed by atoms with van der Waals surface area (Å²) >= 11 is 0. The monoisotopic (exact) mass is 723 g/mol. The van der Waals surface area contributed by atoms with Crippen LogP contribution in [-0.2, 0) is 0 Å². The topological polar surface area (TPSA) is 3.24 Å². The zero-order valence-electron chi connectivity index (χ0n) is 31.3. The number of benzene rings is 11. The smallest absolute Gasteiger partial charge is 0.0468 e. The van der Waals surface area contributed by atoms with E-state index in [-0.39, 0.29) is 0 Å². The van der Waals surface area contributed by atoms with Gasteiger partial charge < -0.3 is 4.90 Å². The van der Waals surface area contributed by atoms with Crippen molar-refractivity contribution >= 4 is 70.9 Å². The SMILES string of the molecule is c1cc(-c2cccc3ccccc23)cc(N(c2ccc(-c3ccccc3-c3ccc4ccccc4c3)cc2)c2ccc3c4ccccc4c4ccccc4c3c2)c1. The minimum Gasteiger partial charge on any atom is -0.310 e. The third-order valence-corrected chi connectivity index (χ3v) is 11.6. The molecule has 0 aliphatic rings. The Bertz CT molecular complexity index is 3260. The van der Waals surface area contributed by atoms with Crippen molar-refractivity contribution in [1.29, 1.82) is 0 Å². The first-order chi connectivity index (χ1) is 28.3. The van der Waals surface area contributed by atoms with Crippen LogP contribution in [0.15, 0.2) is 224 Å². The summed E-state index contributed by atoms with van der Waals surface area (Å²) in [4.78, 5) is 2.41. The second-order valence-electron chi connectivity index (χ2n) is 14.9. The highest BCUT2D eigenvalue weighted by Crippen LogP contribution is 2.43. The fourth-order valence-corrected chi connectivity index (χ4v) is 8.91. The van der Waals surface area contributed by atoms with E-state index in [1.54, 1.807) is 0 Å². The molecule has 57 heavy (non-hydrogen) atoms. The van der Waals surface area contributed by atoms with Crippen LogP contribution in [-0.4, -0.2) is 0 Å². The molecule has 0 unspecified atom stereocenters. The summed E-state index contributed by atoms with van der Waals surface area (Å²) in [5.41, 5.74) is 10.6. The summed E-state index contributed by atoms with van der Waals surface area (Å²) in [6, 6.07) is 82.1. The third-order valence-electron chi connectivity index (χ3n) is 11.6. The maximum absolute atomic E-state index is 2.41. The van der Waals surface area contributed by atoms with Crippen LogP contribution in [0.3, 0.4) is 0 Å². The second-order valence-corrected chi connectivity index (χ2v) is 14.9. The van der Waals surface area contributed by atoms with E-state index < -0.39 is 0 Å². The van der Waals surface area contributed by atoms with Crippen molar-refractivity contribution in [3.05, 3.63) is 224 Å². The van der Waals surface area contributed by atoms with E-state index in [1.165, 1.54) is 87.2 Å². The van der Waals surface area contributed by atoms with Gasteiger partial charge in [-0.15, -0.1) is 0 Å².